The molecule has 0 bridgehead atoms. The summed E-state index contributed by atoms with van der Waals surface area (Å²) in [6.45, 7) is 7.04. The predicted molar refractivity (Wildman–Crippen MR) is 290 cm³/mol. The summed E-state index contributed by atoms with van der Waals surface area (Å²) in [4.78, 5) is 80.8. The van der Waals surface area contributed by atoms with E-state index in [9.17, 15) is 98.6 Å². The SMILES string of the molecule is C[C@]12CCC(=O)C=C1CC[C@@H]1[C@@H]2[C@@H](O)C[C@@]2(C)[C@H]1CC[C@]2(O)C(=O)CO.C[C@]12CCC(=O)C=C1CC[C@@H]1[C@@H]2[C@@H](O)C[C@@]2(C)[C@H]1CC[C@]2(O)C(=O)COC(=O)CCl.O=C(CCl)OC(=O)CCl.O=S(=O)(O)C(F)(F)F.O=S(=O)(O)C(F)(F)F.O=S(=O)(O)C(F)(F)F.[Sc]. The first-order valence-electron chi connectivity index (χ1n) is 26.8. The molecule has 90 heavy (non-hydrogen) atoms. The van der Waals surface area contributed by atoms with E-state index in [-0.39, 0.29) is 101 Å². The fourth-order valence-electron chi connectivity index (χ4n) is 14.9. The van der Waals surface area contributed by atoms with Crippen LogP contribution in [0.1, 0.15) is 118 Å². The van der Waals surface area contributed by atoms with E-state index in [0.29, 0.717) is 44.9 Å². The number of ether oxygens (including phenoxy) is 2. The first-order valence-corrected chi connectivity index (χ1v) is 32.8. The largest absolute Gasteiger partial charge is 0.522 e. The van der Waals surface area contributed by atoms with Crippen LogP contribution in [-0.2, 0) is 99.2 Å². The summed E-state index contributed by atoms with van der Waals surface area (Å²) in [5.41, 5.74) is -19.3. The van der Waals surface area contributed by atoms with Gasteiger partial charge in [-0.15, -0.1) is 34.8 Å². The zero-order valence-electron chi connectivity index (χ0n) is 48.2. The molecule has 0 aromatic heterocycles. The van der Waals surface area contributed by atoms with Gasteiger partial charge in [-0.1, -0.05) is 38.8 Å². The summed E-state index contributed by atoms with van der Waals surface area (Å²) in [6.07, 6.45) is 11.1. The Balaban J connectivity index is 0.000000412. The van der Waals surface area contributed by atoms with E-state index in [1.54, 1.807) is 12.2 Å². The topological polar surface area (TPSA) is 402 Å². The van der Waals surface area contributed by atoms with Crippen molar-refractivity contribution >= 4 is 106 Å². The van der Waals surface area contributed by atoms with E-state index in [4.69, 9.17) is 78.5 Å². The van der Waals surface area contributed by atoms with Crippen LogP contribution in [0.5, 0.6) is 0 Å². The zero-order valence-corrected chi connectivity index (χ0v) is 54.8. The number of carbonyl (C=O) groups is 7. The van der Waals surface area contributed by atoms with Gasteiger partial charge in [0.2, 0.25) is 5.78 Å². The monoisotopic (exact) mass is 1470 g/mol. The number of fused-ring (bicyclic) bond motifs is 10. The van der Waals surface area contributed by atoms with Crippen molar-refractivity contribution in [1.82, 2.24) is 0 Å². The molecule has 0 aliphatic heterocycles. The number of Topliss-reactive ketones (excluding diaryl/α,β-unsaturated/α-hetero) is 2. The number of rotatable bonds is 8. The van der Waals surface area contributed by atoms with E-state index in [0.717, 1.165) is 50.5 Å². The Bertz CT molecular complexity index is 2990. The van der Waals surface area contributed by atoms with Crippen LogP contribution >= 0.6 is 34.8 Å². The van der Waals surface area contributed by atoms with Crippen molar-refractivity contribution in [3.05, 3.63) is 23.3 Å². The number of hydrogen-bond donors (Lipinski definition) is 8. The summed E-state index contributed by atoms with van der Waals surface area (Å²) in [5.74, 6) is -3.15. The minimum atomic E-state index is -5.84. The third-order valence-corrected chi connectivity index (χ3v) is 21.4. The molecule has 8 N–H and O–H groups in total. The minimum absolute atomic E-state index is 0. The number of alkyl halides is 12. The van der Waals surface area contributed by atoms with Crippen LogP contribution in [0.4, 0.5) is 39.5 Å². The molecule has 515 valence electrons. The van der Waals surface area contributed by atoms with Crippen molar-refractivity contribution < 1.29 is 173 Å². The van der Waals surface area contributed by atoms with Crippen LogP contribution in [0, 0.1) is 57.2 Å². The number of halogens is 12. The number of esters is 3. The van der Waals surface area contributed by atoms with Gasteiger partial charge < -0.3 is 35.0 Å². The first-order chi connectivity index (χ1) is 40.2. The average Bonchev–Trinajstić information content (AvgIpc) is 1.40. The molecule has 0 aromatic carbocycles. The molecule has 8 aliphatic rings. The fourth-order valence-corrected chi connectivity index (χ4v) is 15.1. The number of carbonyl (C=O) groups excluding carboxylic acids is 7. The van der Waals surface area contributed by atoms with Crippen molar-refractivity contribution in [2.75, 3.05) is 30.9 Å². The second-order valence-electron chi connectivity index (χ2n) is 23.6. The Morgan fingerprint density at radius 3 is 1.12 bits per heavy atom. The molecule has 14 atom stereocenters. The van der Waals surface area contributed by atoms with Crippen LogP contribution in [0.3, 0.4) is 0 Å². The zero-order chi connectivity index (χ0) is 69.1. The number of aliphatic hydroxyl groups excluding tert-OH is 3. The van der Waals surface area contributed by atoms with Crippen LogP contribution in [0.15, 0.2) is 23.3 Å². The van der Waals surface area contributed by atoms with Crippen molar-refractivity contribution in [3.63, 3.8) is 0 Å². The molecule has 0 unspecified atom stereocenters. The van der Waals surface area contributed by atoms with Crippen molar-refractivity contribution in [3.8, 4) is 0 Å². The number of aliphatic hydroxyl groups is 5. The molecule has 1 radical (unpaired) electrons. The Kier molecular flexibility index (Phi) is 28.4. The van der Waals surface area contributed by atoms with Crippen LogP contribution in [0.2, 0.25) is 0 Å². The van der Waals surface area contributed by atoms with Gasteiger partial charge in [-0.25, -0.2) is 0 Å². The third-order valence-electron chi connectivity index (χ3n) is 19.0. The summed E-state index contributed by atoms with van der Waals surface area (Å²) >= 11 is 15.4. The summed E-state index contributed by atoms with van der Waals surface area (Å²) in [7, 11) is -17.5. The smallest absolute Gasteiger partial charge is 0.457 e. The molecule has 0 heterocycles. The van der Waals surface area contributed by atoms with Crippen LogP contribution in [0.25, 0.3) is 0 Å². The van der Waals surface area contributed by atoms with Gasteiger partial charge in [0.25, 0.3) is 0 Å². The summed E-state index contributed by atoms with van der Waals surface area (Å²) in [5, 5.41) is 54.5. The van der Waals surface area contributed by atoms with Gasteiger partial charge >= 0.3 is 64.8 Å². The fraction of sp³-hybridized carbons (Fsp3) is 0.784. The molecule has 39 heteroatoms. The quantitative estimate of drug-likeness (QED) is 0.0341. The molecule has 0 spiro atoms. The Morgan fingerprint density at radius 2 is 0.844 bits per heavy atom. The van der Waals surface area contributed by atoms with E-state index in [1.807, 2.05) is 13.8 Å². The minimum Gasteiger partial charge on any atom is -0.457 e. The second-order valence-corrected chi connectivity index (χ2v) is 28.7. The average molecular weight is 1470 g/mol. The van der Waals surface area contributed by atoms with E-state index in [2.05, 4.69) is 18.6 Å². The standard InChI is InChI=1S/C23H31ClO6.C21H30O5.C4H4Cl2O3.3CHF3O3S.Sc/c1-21-7-5-14(25)9-13(21)3-4-15-16-6-8-23(29,18(27)12-30-19(28)11-24)22(16,2)10-17(26)20(15)21;1-19-7-5-13(23)9-12(19)3-4-14-15-6-8-21(26,17(25)11-22)20(15,2)10-16(24)18(14)19;5-1-3(7)9-4(8)2-6;3*2-1(3,4)8(5,6)7;/h9,15-17,20,26,29H,3-8,10-12H2,1-2H3;9,14-16,18,22,24,26H,3-8,10-11H2,1-2H3;1-2H2;3*(H,5,6,7);/t15-,16-,17-,20+,21-,22-,23-;14-,15-,16-,18+,19-,20-,21-;;;;;/m00...../s1. The van der Waals surface area contributed by atoms with Crippen molar-refractivity contribution in [1.29, 1.82) is 0 Å². The molecule has 6 fully saturated rings. The first kappa shape index (κ1) is 83.5. The molecular weight excluding hydrogens is 1400 g/mol. The molecule has 0 saturated heterocycles. The molecule has 8 aliphatic carbocycles. The van der Waals surface area contributed by atoms with Gasteiger partial charge in [-0.2, -0.15) is 64.8 Å². The normalized spacial score (nSPS) is 34.2. The van der Waals surface area contributed by atoms with E-state index in [1.165, 1.54) is 5.57 Å². The van der Waals surface area contributed by atoms with E-state index >= 15 is 0 Å². The van der Waals surface area contributed by atoms with Gasteiger partial charge in [0, 0.05) is 49.5 Å². The molecule has 8 rings (SSSR count). The van der Waals surface area contributed by atoms with Crippen molar-refractivity contribution in [2.45, 2.75) is 158 Å². The Hall–Kier alpha value is -2.59. The van der Waals surface area contributed by atoms with Crippen LogP contribution in [-0.4, -0.2) is 176 Å². The number of allylic oxidation sites excluding steroid dienone is 2. The van der Waals surface area contributed by atoms with E-state index < -0.39 is 124 Å². The molecular formula is C51H68Cl3F9O23S3Sc. The molecule has 23 nitrogen and oxygen atoms in total. The van der Waals surface area contributed by atoms with Gasteiger partial charge in [-0.3, -0.25) is 47.2 Å². The maximum Gasteiger partial charge on any atom is 0.522 e. The Morgan fingerprint density at radius 1 is 0.544 bits per heavy atom. The van der Waals surface area contributed by atoms with Gasteiger partial charge in [-0.05, 0) is 136 Å². The molecule has 0 amide bonds. The number of ketones is 4. The summed E-state index contributed by atoms with van der Waals surface area (Å²) < 4.78 is 182. The van der Waals surface area contributed by atoms with Gasteiger partial charge in [0.05, 0.1) is 12.2 Å². The molecule has 0 aromatic rings. The summed E-state index contributed by atoms with van der Waals surface area (Å²) in [6, 6.07) is 0. The molecule has 6 saturated carbocycles. The second kappa shape index (κ2) is 30.6. The Labute approximate surface area is 544 Å². The maximum atomic E-state index is 12.9. The van der Waals surface area contributed by atoms with Gasteiger partial charge in [0.1, 0.15) is 35.4 Å². The van der Waals surface area contributed by atoms with Crippen LogP contribution < -0.4 is 0 Å². The number of hydrogen-bond acceptors (Lipinski definition) is 20. The third kappa shape index (κ3) is 18.1. The maximum absolute atomic E-state index is 12.9. The van der Waals surface area contributed by atoms with Crippen molar-refractivity contribution in [2.24, 2.45) is 57.2 Å². The van der Waals surface area contributed by atoms with Gasteiger partial charge in [0.15, 0.2) is 24.0 Å². The predicted octanol–water partition coefficient (Wildman–Crippen LogP) is 6.07.